The van der Waals surface area contributed by atoms with Crippen LogP contribution in [0.1, 0.15) is 20.7 Å². The summed E-state index contributed by atoms with van der Waals surface area (Å²) >= 11 is 0. The van der Waals surface area contributed by atoms with Crippen LogP contribution in [0.5, 0.6) is 0 Å². The second-order valence-electron chi connectivity index (χ2n) is 6.38. The van der Waals surface area contributed by atoms with E-state index in [2.05, 4.69) is 10.1 Å². The largest absolute Gasteiger partial charge is 0.480 e. The number of carbonyl (C=O) groups excluding carboxylic acids is 3. The number of nitrogens with one attached hydrogen (secondary N) is 1. The number of benzene rings is 1. The van der Waals surface area contributed by atoms with E-state index in [-0.39, 0.29) is 44.7 Å². The molecule has 0 unspecified atom stereocenters. The van der Waals surface area contributed by atoms with Gasteiger partial charge < -0.3 is 29.4 Å². The third kappa shape index (κ3) is 8.42. The number of nitrogens with zero attached hydrogens (tertiary/aromatic N) is 1. The van der Waals surface area contributed by atoms with Gasteiger partial charge in [-0.1, -0.05) is 12.1 Å². The molecule has 1 aliphatic heterocycles. The molecule has 11 heteroatoms. The third-order valence-electron chi connectivity index (χ3n) is 4.11. The zero-order valence-electron chi connectivity index (χ0n) is 17.0. The van der Waals surface area contributed by atoms with Crippen LogP contribution in [0.15, 0.2) is 24.3 Å². The summed E-state index contributed by atoms with van der Waals surface area (Å²) in [5.41, 5.74) is 0.837. The molecule has 0 radical (unpaired) electrons. The SMILES string of the molecule is O=C(O)COCC(=O)NCCOCCOCCOCCN1C(=O)c2ccccc2C1=O. The number of carbonyl (C=O) groups is 4. The Morgan fingerprint density at radius 1 is 0.806 bits per heavy atom. The van der Waals surface area contributed by atoms with E-state index in [0.29, 0.717) is 37.6 Å². The molecule has 0 saturated heterocycles. The van der Waals surface area contributed by atoms with Gasteiger partial charge in [-0.3, -0.25) is 19.3 Å². The smallest absolute Gasteiger partial charge is 0.329 e. The molecule has 3 amide bonds. The highest BCUT2D eigenvalue weighted by Crippen LogP contribution is 2.21. The number of imide groups is 1. The summed E-state index contributed by atoms with van der Waals surface area (Å²) in [5, 5.41) is 10.9. The monoisotopic (exact) mass is 438 g/mol. The highest BCUT2D eigenvalue weighted by Gasteiger charge is 2.34. The van der Waals surface area contributed by atoms with Gasteiger partial charge in [0.25, 0.3) is 11.8 Å². The number of hydrogen-bond acceptors (Lipinski definition) is 8. The van der Waals surface area contributed by atoms with Gasteiger partial charge in [0.15, 0.2) is 0 Å². The molecular formula is C20H26N2O9. The molecule has 1 heterocycles. The Hall–Kier alpha value is -2.86. The van der Waals surface area contributed by atoms with Gasteiger partial charge in [-0.15, -0.1) is 0 Å². The van der Waals surface area contributed by atoms with Crippen LogP contribution in [0.2, 0.25) is 0 Å². The summed E-state index contributed by atoms with van der Waals surface area (Å²) in [6.07, 6.45) is 0. The van der Waals surface area contributed by atoms with Gasteiger partial charge in [-0.25, -0.2) is 4.79 Å². The maximum atomic E-state index is 12.2. The predicted molar refractivity (Wildman–Crippen MR) is 106 cm³/mol. The lowest BCUT2D eigenvalue weighted by Gasteiger charge is -2.13. The van der Waals surface area contributed by atoms with Crippen molar-refractivity contribution in [3.8, 4) is 0 Å². The quantitative estimate of drug-likeness (QED) is 0.259. The van der Waals surface area contributed by atoms with Crippen molar-refractivity contribution in [1.29, 1.82) is 0 Å². The van der Waals surface area contributed by atoms with Gasteiger partial charge >= 0.3 is 5.97 Å². The van der Waals surface area contributed by atoms with Gasteiger partial charge in [-0.2, -0.15) is 0 Å². The standard InChI is InChI=1S/C20H26N2O9/c23-17(13-31-14-18(24)25)21-5-7-28-9-11-30-12-10-29-8-6-22-19(26)15-3-1-2-4-16(15)20(22)27/h1-4H,5-14H2,(H,21,23)(H,24,25). The molecule has 0 aliphatic carbocycles. The minimum absolute atomic E-state index is 0.183. The summed E-state index contributed by atoms with van der Waals surface area (Å²) in [4.78, 5) is 47.1. The topological polar surface area (TPSA) is 141 Å². The molecule has 11 nitrogen and oxygen atoms in total. The van der Waals surface area contributed by atoms with Crippen molar-refractivity contribution in [3.63, 3.8) is 0 Å². The fourth-order valence-electron chi connectivity index (χ4n) is 2.68. The Bertz CT molecular complexity index is 734. The number of rotatable bonds is 16. The molecule has 0 aromatic heterocycles. The molecule has 1 aliphatic rings. The number of hydrogen-bond donors (Lipinski definition) is 2. The average molecular weight is 438 g/mol. The van der Waals surface area contributed by atoms with Crippen LogP contribution < -0.4 is 5.32 Å². The van der Waals surface area contributed by atoms with Crippen molar-refractivity contribution in [2.75, 3.05) is 65.9 Å². The summed E-state index contributed by atoms with van der Waals surface area (Å²) < 4.78 is 20.7. The van der Waals surface area contributed by atoms with Crippen molar-refractivity contribution >= 4 is 23.7 Å². The van der Waals surface area contributed by atoms with Crippen LogP contribution in [-0.2, 0) is 28.5 Å². The van der Waals surface area contributed by atoms with Crippen LogP contribution in [0.25, 0.3) is 0 Å². The first-order valence-corrected chi connectivity index (χ1v) is 9.75. The summed E-state index contributed by atoms with van der Waals surface area (Å²) in [6.45, 7) is 1.46. The van der Waals surface area contributed by atoms with E-state index >= 15 is 0 Å². The summed E-state index contributed by atoms with van der Waals surface area (Å²) in [6, 6.07) is 6.72. The lowest BCUT2D eigenvalue weighted by molar-refractivity contribution is -0.143. The Morgan fingerprint density at radius 3 is 1.94 bits per heavy atom. The molecule has 1 aromatic rings. The molecular weight excluding hydrogens is 412 g/mol. The molecule has 1 aromatic carbocycles. The minimum Gasteiger partial charge on any atom is -0.480 e. The zero-order chi connectivity index (χ0) is 22.5. The molecule has 31 heavy (non-hydrogen) atoms. The van der Waals surface area contributed by atoms with E-state index in [1.165, 1.54) is 4.90 Å². The first-order valence-electron chi connectivity index (χ1n) is 9.75. The van der Waals surface area contributed by atoms with Gasteiger partial charge in [0.2, 0.25) is 5.91 Å². The Balaban J connectivity index is 1.39. The predicted octanol–water partition coefficient (Wildman–Crippen LogP) is -0.450. The van der Waals surface area contributed by atoms with Gasteiger partial charge in [0, 0.05) is 6.54 Å². The van der Waals surface area contributed by atoms with Crippen molar-refractivity contribution in [2.24, 2.45) is 0 Å². The van der Waals surface area contributed by atoms with Crippen LogP contribution in [0, 0.1) is 0 Å². The van der Waals surface area contributed by atoms with E-state index in [0.717, 1.165) is 0 Å². The molecule has 2 N–H and O–H groups in total. The number of carboxylic acids is 1. The lowest BCUT2D eigenvalue weighted by atomic mass is 10.1. The molecule has 0 saturated carbocycles. The average Bonchev–Trinajstić information content (AvgIpc) is 2.99. The molecule has 0 spiro atoms. The van der Waals surface area contributed by atoms with Crippen LogP contribution >= 0.6 is 0 Å². The second kappa shape index (κ2) is 13.4. The van der Waals surface area contributed by atoms with Gasteiger partial charge in [0.05, 0.1) is 57.3 Å². The van der Waals surface area contributed by atoms with Crippen molar-refractivity contribution in [1.82, 2.24) is 10.2 Å². The van der Waals surface area contributed by atoms with Gasteiger partial charge in [0.1, 0.15) is 13.2 Å². The first kappa shape index (κ1) is 24.4. The molecule has 0 fully saturated rings. The van der Waals surface area contributed by atoms with Crippen molar-refractivity contribution < 1.29 is 43.2 Å². The Morgan fingerprint density at radius 2 is 1.35 bits per heavy atom. The second-order valence-corrected chi connectivity index (χ2v) is 6.38. The van der Waals surface area contributed by atoms with Crippen molar-refractivity contribution in [2.45, 2.75) is 0 Å². The summed E-state index contributed by atoms with van der Waals surface area (Å²) in [7, 11) is 0. The van der Waals surface area contributed by atoms with E-state index < -0.39 is 18.5 Å². The summed E-state index contributed by atoms with van der Waals surface area (Å²) in [5.74, 6) is -2.16. The van der Waals surface area contributed by atoms with E-state index in [9.17, 15) is 19.2 Å². The fraction of sp³-hybridized carbons (Fsp3) is 0.500. The highest BCUT2D eigenvalue weighted by molar-refractivity contribution is 6.21. The Kier molecular flexibility index (Phi) is 10.6. The number of carboxylic acid groups (broad SMARTS) is 1. The number of ether oxygens (including phenoxy) is 4. The van der Waals surface area contributed by atoms with Crippen LogP contribution in [-0.4, -0.2) is 99.6 Å². The number of amides is 3. The zero-order valence-corrected chi connectivity index (χ0v) is 17.0. The van der Waals surface area contributed by atoms with E-state index in [1.54, 1.807) is 24.3 Å². The Labute approximate surface area is 179 Å². The molecule has 170 valence electrons. The third-order valence-corrected chi connectivity index (χ3v) is 4.11. The number of aliphatic carboxylic acids is 1. The maximum absolute atomic E-state index is 12.2. The fourth-order valence-corrected chi connectivity index (χ4v) is 2.68. The lowest BCUT2D eigenvalue weighted by Crippen LogP contribution is -2.33. The van der Waals surface area contributed by atoms with E-state index in [1.807, 2.05) is 0 Å². The molecule has 0 bridgehead atoms. The maximum Gasteiger partial charge on any atom is 0.329 e. The molecule has 2 rings (SSSR count). The minimum atomic E-state index is -1.13. The first-order chi connectivity index (χ1) is 15.0. The van der Waals surface area contributed by atoms with Gasteiger partial charge in [-0.05, 0) is 12.1 Å². The molecule has 0 atom stereocenters. The number of fused-ring (bicyclic) bond motifs is 1. The normalized spacial score (nSPS) is 12.8. The van der Waals surface area contributed by atoms with Crippen LogP contribution in [0.3, 0.4) is 0 Å². The van der Waals surface area contributed by atoms with Crippen molar-refractivity contribution in [3.05, 3.63) is 35.4 Å². The van der Waals surface area contributed by atoms with E-state index in [4.69, 9.17) is 19.3 Å². The van der Waals surface area contributed by atoms with Crippen LogP contribution in [0.4, 0.5) is 0 Å². The highest BCUT2D eigenvalue weighted by atomic mass is 16.5.